The molecule has 0 atom stereocenters. The van der Waals surface area contributed by atoms with Gasteiger partial charge in [-0.15, -0.1) is 11.3 Å². The molecule has 1 N–H and O–H groups in total. The first-order valence-corrected chi connectivity index (χ1v) is 19.4. The van der Waals surface area contributed by atoms with Gasteiger partial charge in [0.05, 0.1) is 24.5 Å². The maximum Gasteiger partial charge on any atom is 0.513 e. The fourth-order valence-corrected chi connectivity index (χ4v) is 6.90. The molecule has 4 rings (SSSR count). The van der Waals surface area contributed by atoms with Gasteiger partial charge in [0.2, 0.25) is 5.78 Å². The lowest BCUT2D eigenvalue weighted by atomic mass is 10.0. The normalized spacial score (nSPS) is 11.3. The Hall–Kier alpha value is -3.91. The van der Waals surface area contributed by atoms with Gasteiger partial charge in [0.25, 0.3) is 0 Å². The lowest BCUT2D eigenvalue weighted by molar-refractivity contribution is 0.0887. The van der Waals surface area contributed by atoms with E-state index in [0.717, 1.165) is 22.6 Å². The molecule has 0 spiro atoms. The number of thiazole rings is 1. The number of carbonyl (C=O) groups is 2. The predicted octanol–water partition coefficient (Wildman–Crippen LogP) is 12.2. The predicted molar refractivity (Wildman–Crippen MR) is 204 cm³/mol. The minimum absolute atomic E-state index is 0.00269. The van der Waals surface area contributed by atoms with E-state index >= 15 is 0 Å². The Morgan fingerprint density at radius 1 is 0.800 bits per heavy atom. The molecule has 4 aromatic rings. The third kappa shape index (κ3) is 11.9. The molecule has 0 aliphatic carbocycles. The smallest absolute Gasteiger partial charge is 0.507 e. The molecule has 0 aliphatic rings. The number of carbonyl (C=O) groups excluding carboxylic acids is 2. The topological polar surface area (TPSA) is 95.0 Å². The summed E-state index contributed by atoms with van der Waals surface area (Å²) in [6.45, 7) is 8.94. The zero-order valence-electron chi connectivity index (χ0n) is 30.4. The summed E-state index contributed by atoms with van der Waals surface area (Å²) in [4.78, 5) is 31.7. The second-order valence-electron chi connectivity index (χ2n) is 13.6. The zero-order chi connectivity index (χ0) is 35.7. The third-order valence-corrected chi connectivity index (χ3v) is 9.81. The lowest BCUT2D eigenvalue weighted by Crippen LogP contribution is -2.14. The van der Waals surface area contributed by atoms with Crippen LogP contribution in [-0.2, 0) is 4.74 Å². The molecule has 0 saturated carbocycles. The molecule has 0 saturated heterocycles. The van der Waals surface area contributed by atoms with Gasteiger partial charge in [-0.3, -0.25) is 4.79 Å². The SMILES string of the molecule is CCCCCCCCCCCCCCCCOc1ccc(-c2nc(C(=O)c3cc(OC(=O)OCC(C)C)c4ccccc4c3O)sc2C)cc1. The first-order chi connectivity index (χ1) is 24.3. The van der Waals surface area contributed by atoms with Crippen LogP contribution in [-0.4, -0.2) is 35.2 Å². The minimum Gasteiger partial charge on any atom is -0.507 e. The van der Waals surface area contributed by atoms with Crippen molar-refractivity contribution in [2.24, 2.45) is 5.92 Å². The number of aromatic hydroxyl groups is 1. The number of ether oxygens (including phenoxy) is 3. The van der Waals surface area contributed by atoms with Gasteiger partial charge in [0.1, 0.15) is 17.2 Å². The fraction of sp³-hybridized carbons (Fsp3) is 0.500. The fourth-order valence-electron chi connectivity index (χ4n) is 6.01. The van der Waals surface area contributed by atoms with Gasteiger partial charge in [-0.1, -0.05) is 129 Å². The van der Waals surface area contributed by atoms with Crippen molar-refractivity contribution < 1.29 is 28.9 Å². The van der Waals surface area contributed by atoms with E-state index in [4.69, 9.17) is 14.2 Å². The van der Waals surface area contributed by atoms with Crippen LogP contribution in [0.4, 0.5) is 4.79 Å². The van der Waals surface area contributed by atoms with Crippen LogP contribution in [0.15, 0.2) is 54.6 Å². The monoisotopic (exact) mass is 701 g/mol. The molecular formula is C42H55NO6S. The third-order valence-electron chi connectivity index (χ3n) is 8.84. The molecule has 1 heterocycles. The van der Waals surface area contributed by atoms with Crippen molar-refractivity contribution in [3.8, 4) is 28.5 Å². The molecule has 50 heavy (non-hydrogen) atoms. The maximum absolute atomic E-state index is 13.7. The molecule has 1 aromatic heterocycles. The highest BCUT2D eigenvalue weighted by Gasteiger charge is 2.24. The van der Waals surface area contributed by atoms with E-state index in [1.54, 1.807) is 24.3 Å². The van der Waals surface area contributed by atoms with Crippen LogP contribution in [0.25, 0.3) is 22.0 Å². The molecule has 0 aliphatic heterocycles. The van der Waals surface area contributed by atoms with E-state index in [9.17, 15) is 14.7 Å². The van der Waals surface area contributed by atoms with Crippen molar-refractivity contribution in [3.05, 3.63) is 70.0 Å². The summed E-state index contributed by atoms with van der Waals surface area (Å²) < 4.78 is 16.7. The first-order valence-electron chi connectivity index (χ1n) is 18.6. The zero-order valence-corrected chi connectivity index (χ0v) is 31.2. The van der Waals surface area contributed by atoms with E-state index in [1.807, 2.05) is 45.0 Å². The van der Waals surface area contributed by atoms with Gasteiger partial charge in [0.15, 0.2) is 5.01 Å². The highest BCUT2D eigenvalue weighted by Crippen LogP contribution is 2.38. The number of unbranched alkanes of at least 4 members (excludes halogenated alkanes) is 13. The largest absolute Gasteiger partial charge is 0.513 e. The van der Waals surface area contributed by atoms with Crippen LogP contribution in [0, 0.1) is 12.8 Å². The van der Waals surface area contributed by atoms with Gasteiger partial charge in [-0.25, -0.2) is 9.78 Å². The highest BCUT2D eigenvalue weighted by molar-refractivity contribution is 7.14. The van der Waals surface area contributed by atoms with Crippen molar-refractivity contribution in [1.29, 1.82) is 0 Å². The molecule has 8 heteroatoms. The molecular weight excluding hydrogens is 647 g/mol. The van der Waals surface area contributed by atoms with Gasteiger partial charge in [-0.2, -0.15) is 0 Å². The molecule has 0 fully saturated rings. The average molecular weight is 702 g/mol. The molecule has 270 valence electrons. The second-order valence-corrected chi connectivity index (χ2v) is 14.8. The van der Waals surface area contributed by atoms with Crippen LogP contribution in [0.1, 0.15) is 131 Å². The number of rotatable bonds is 22. The van der Waals surface area contributed by atoms with Gasteiger partial charge in [-0.05, 0) is 49.6 Å². The Kier molecular flexibility index (Phi) is 16.1. The summed E-state index contributed by atoms with van der Waals surface area (Å²) in [7, 11) is 0. The number of phenols is 1. The molecule has 3 aromatic carbocycles. The Labute approximate surface area is 302 Å². The number of ketones is 1. The van der Waals surface area contributed by atoms with Gasteiger partial charge < -0.3 is 19.3 Å². The van der Waals surface area contributed by atoms with E-state index in [2.05, 4.69) is 11.9 Å². The summed E-state index contributed by atoms with van der Waals surface area (Å²) in [5.41, 5.74) is 1.58. The number of benzene rings is 3. The maximum atomic E-state index is 13.7. The van der Waals surface area contributed by atoms with Crippen molar-refractivity contribution in [3.63, 3.8) is 0 Å². The van der Waals surface area contributed by atoms with Crippen molar-refractivity contribution in [1.82, 2.24) is 4.98 Å². The second kappa shape index (κ2) is 20.7. The quantitative estimate of drug-likeness (QED) is 0.0377. The number of aromatic nitrogens is 1. The number of nitrogens with zero attached hydrogens (tertiary/aromatic N) is 1. The van der Waals surface area contributed by atoms with Crippen LogP contribution >= 0.6 is 11.3 Å². The Morgan fingerprint density at radius 2 is 1.38 bits per heavy atom. The summed E-state index contributed by atoms with van der Waals surface area (Å²) in [5, 5.41) is 12.2. The van der Waals surface area contributed by atoms with Crippen LogP contribution in [0.2, 0.25) is 0 Å². The summed E-state index contributed by atoms with van der Waals surface area (Å²) >= 11 is 1.26. The van der Waals surface area contributed by atoms with Crippen molar-refractivity contribution in [2.45, 2.75) is 118 Å². The van der Waals surface area contributed by atoms with Crippen LogP contribution in [0.3, 0.4) is 0 Å². The summed E-state index contributed by atoms with van der Waals surface area (Å²) in [5.74, 6) is 0.437. The van der Waals surface area contributed by atoms with Crippen LogP contribution < -0.4 is 9.47 Å². The molecule has 0 bridgehead atoms. The highest BCUT2D eigenvalue weighted by atomic mass is 32.1. The summed E-state index contributed by atoms with van der Waals surface area (Å²) in [6, 6.07) is 16.1. The molecule has 0 amide bonds. The molecule has 0 radical (unpaired) electrons. The van der Waals surface area contributed by atoms with E-state index in [1.165, 1.54) is 101 Å². The first kappa shape index (κ1) is 38.9. The number of aryl methyl sites for hydroxylation is 1. The average Bonchev–Trinajstić information content (AvgIpc) is 3.51. The minimum atomic E-state index is -0.868. The van der Waals surface area contributed by atoms with E-state index in [-0.39, 0.29) is 34.6 Å². The van der Waals surface area contributed by atoms with E-state index in [0.29, 0.717) is 23.1 Å². The van der Waals surface area contributed by atoms with Gasteiger partial charge in [0, 0.05) is 21.2 Å². The van der Waals surface area contributed by atoms with Gasteiger partial charge >= 0.3 is 6.16 Å². The summed E-state index contributed by atoms with van der Waals surface area (Å²) in [6.07, 6.45) is 17.8. The van der Waals surface area contributed by atoms with Crippen LogP contribution in [0.5, 0.6) is 17.2 Å². The van der Waals surface area contributed by atoms with Crippen molar-refractivity contribution in [2.75, 3.05) is 13.2 Å². The molecule has 0 unspecified atom stereocenters. The Bertz CT molecular complexity index is 1640. The number of fused-ring (bicyclic) bond motifs is 1. The van der Waals surface area contributed by atoms with Crippen molar-refractivity contribution >= 4 is 34.0 Å². The Morgan fingerprint density at radius 3 is 1.98 bits per heavy atom. The Balaban J connectivity index is 1.26. The lowest BCUT2D eigenvalue weighted by Gasteiger charge is -2.13. The number of hydrogen-bond donors (Lipinski definition) is 1. The van der Waals surface area contributed by atoms with E-state index < -0.39 is 11.9 Å². The standard InChI is InChI=1S/C42H55NO6S/c1-5-6-7-8-9-10-11-12-13-14-15-16-17-20-27-47-33-25-23-32(24-26-33)38-31(4)50-41(43-38)40(45)36-28-37(49-42(46)48-29-30(2)3)34-21-18-19-22-35(34)39(36)44/h18-19,21-26,28,30,44H,5-17,20,27,29H2,1-4H3. The number of hydrogen-bond acceptors (Lipinski definition) is 8. The molecule has 7 nitrogen and oxygen atoms in total. The number of phenolic OH excluding ortho intramolecular Hbond substituents is 1.